The number of ether oxygens (including phenoxy) is 1. The molecular formula is C11H22N2O4S. The summed E-state index contributed by atoms with van der Waals surface area (Å²) < 4.78 is 4.88. The van der Waals surface area contributed by atoms with Crippen LogP contribution in [0.15, 0.2) is 0 Å². The molecule has 0 aromatic rings. The number of thioether (sulfide) groups is 1. The lowest BCUT2D eigenvalue weighted by molar-refractivity contribution is -0.139. The van der Waals surface area contributed by atoms with Crippen molar-refractivity contribution < 1.29 is 19.4 Å². The van der Waals surface area contributed by atoms with Crippen molar-refractivity contribution in [1.82, 2.24) is 10.6 Å². The minimum absolute atomic E-state index is 0.424. The van der Waals surface area contributed by atoms with Crippen molar-refractivity contribution in [3.05, 3.63) is 0 Å². The molecule has 0 bridgehead atoms. The molecule has 0 heterocycles. The number of carbonyl (C=O) groups is 2. The summed E-state index contributed by atoms with van der Waals surface area (Å²) in [6.45, 7) is 1.18. The van der Waals surface area contributed by atoms with Crippen LogP contribution in [0.4, 0.5) is 4.79 Å². The minimum Gasteiger partial charge on any atom is -0.480 e. The summed E-state index contributed by atoms with van der Waals surface area (Å²) in [5.41, 5.74) is 0. The molecule has 0 aliphatic rings. The van der Waals surface area contributed by atoms with Crippen LogP contribution in [0.25, 0.3) is 0 Å². The van der Waals surface area contributed by atoms with E-state index in [1.165, 1.54) is 0 Å². The molecule has 3 N–H and O–H groups in total. The predicted molar refractivity (Wildman–Crippen MR) is 72.1 cm³/mol. The zero-order valence-electron chi connectivity index (χ0n) is 10.9. The molecule has 6 nitrogen and oxygen atoms in total. The Morgan fingerprint density at radius 3 is 2.67 bits per heavy atom. The summed E-state index contributed by atoms with van der Waals surface area (Å²) in [6.07, 6.45) is 4.00. The maximum Gasteiger partial charge on any atom is 0.326 e. The van der Waals surface area contributed by atoms with Crippen molar-refractivity contribution in [1.29, 1.82) is 0 Å². The van der Waals surface area contributed by atoms with Crippen LogP contribution in [0.2, 0.25) is 0 Å². The number of unbranched alkanes of at least 4 members (excludes halogenated alkanes) is 1. The smallest absolute Gasteiger partial charge is 0.326 e. The van der Waals surface area contributed by atoms with Gasteiger partial charge in [0.1, 0.15) is 6.04 Å². The summed E-state index contributed by atoms with van der Waals surface area (Å²) in [4.78, 5) is 22.3. The van der Waals surface area contributed by atoms with Gasteiger partial charge in [0.05, 0.1) is 0 Å². The van der Waals surface area contributed by atoms with E-state index in [2.05, 4.69) is 10.6 Å². The fraction of sp³-hybridized carbons (Fsp3) is 0.818. The average molecular weight is 278 g/mol. The molecule has 1 atom stereocenters. The maximum atomic E-state index is 11.4. The Morgan fingerprint density at radius 1 is 1.39 bits per heavy atom. The van der Waals surface area contributed by atoms with Crippen LogP contribution in [0.5, 0.6) is 0 Å². The van der Waals surface area contributed by atoms with Gasteiger partial charge in [0.15, 0.2) is 0 Å². The van der Waals surface area contributed by atoms with E-state index >= 15 is 0 Å². The molecule has 0 unspecified atom stereocenters. The number of hydrogen-bond acceptors (Lipinski definition) is 4. The van der Waals surface area contributed by atoms with Crippen LogP contribution < -0.4 is 10.6 Å². The zero-order chi connectivity index (χ0) is 13.8. The highest BCUT2D eigenvalue weighted by atomic mass is 32.2. The van der Waals surface area contributed by atoms with Gasteiger partial charge in [-0.25, -0.2) is 9.59 Å². The van der Waals surface area contributed by atoms with Gasteiger partial charge < -0.3 is 20.5 Å². The van der Waals surface area contributed by atoms with Crippen molar-refractivity contribution in [3.63, 3.8) is 0 Å². The second-order valence-corrected chi connectivity index (χ2v) is 4.76. The third-order valence-electron chi connectivity index (χ3n) is 2.27. The lowest BCUT2D eigenvalue weighted by atomic mass is 10.2. The van der Waals surface area contributed by atoms with E-state index in [1.807, 2.05) is 6.26 Å². The van der Waals surface area contributed by atoms with Gasteiger partial charge in [-0.15, -0.1) is 0 Å². The molecule has 0 aromatic carbocycles. The summed E-state index contributed by atoms with van der Waals surface area (Å²) >= 11 is 1.55. The first kappa shape index (κ1) is 17.1. The van der Waals surface area contributed by atoms with Crippen LogP contribution in [-0.4, -0.2) is 55.4 Å². The highest BCUT2D eigenvalue weighted by Crippen LogP contribution is 2.00. The quantitative estimate of drug-likeness (QED) is 0.517. The number of aliphatic carboxylic acids is 1. The van der Waals surface area contributed by atoms with Crippen LogP contribution in [0.3, 0.4) is 0 Å². The van der Waals surface area contributed by atoms with Gasteiger partial charge in [0, 0.05) is 20.3 Å². The molecule has 7 heteroatoms. The highest BCUT2D eigenvalue weighted by molar-refractivity contribution is 7.98. The van der Waals surface area contributed by atoms with Crippen molar-refractivity contribution in [2.45, 2.75) is 25.3 Å². The second kappa shape index (κ2) is 11.2. The van der Waals surface area contributed by atoms with E-state index in [1.54, 1.807) is 18.9 Å². The Morgan fingerprint density at radius 2 is 2.11 bits per heavy atom. The van der Waals surface area contributed by atoms with Crippen LogP contribution in [0, 0.1) is 0 Å². The standard InChI is InChI=1S/C11H22N2O4S/c1-17-7-4-3-6-12-11(16)13-9(10(14)15)5-8-18-2/h9H,3-8H2,1-2H3,(H,14,15)(H2,12,13,16)/t9-/m1/s1. The van der Waals surface area contributed by atoms with Crippen LogP contribution in [-0.2, 0) is 9.53 Å². The van der Waals surface area contributed by atoms with E-state index < -0.39 is 18.0 Å². The number of hydrogen-bond donors (Lipinski definition) is 3. The van der Waals surface area contributed by atoms with Gasteiger partial charge in [0.2, 0.25) is 0 Å². The molecule has 0 aliphatic heterocycles. The molecule has 0 radical (unpaired) electrons. The Labute approximate surface area is 112 Å². The first-order valence-electron chi connectivity index (χ1n) is 5.86. The largest absolute Gasteiger partial charge is 0.480 e. The van der Waals surface area contributed by atoms with Gasteiger partial charge >= 0.3 is 12.0 Å². The number of nitrogens with one attached hydrogen (secondary N) is 2. The Balaban J connectivity index is 3.77. The predicted octanol–water partition coefficient (Wildman–Crippen LogP) is 0.919. The Bertz CT molecular complexity index is 251. The first-order chi connectivity index (χ1) is 8.61. The van der Waals surface area contributed by atoms with Gasteiger partial charge in [0.25, 0.3) is 0 Å². The number of urea groups is 1. The fourth-order valence-electron chi connectivity index (χ4n) is 1.28. The van der Waals surface area contributed by atoms with Crippen LogP contribution in [0.1, 0.15) is 19.3 Å². The number of rotatable bonds is 10. The lowest BCUT2D eigenvalue weighted by Crippen LogP contribution is -2.46. The van der Waals surface area contributed by atoms with Crippen molar-refractivity contribution in [2.24, 2.45) is 0 Å². The third-order valence-corrected chi connectivity index (χ3v) is 2.92. The van der Waals surface area contributed by atoms with Gasteiger partial charge in [-0.05, 0) is 31.3 Å². The molecule has 0 fully saturated rings. The molecule has 0 saturated carbocycles. The van der Waals surface area contributed by atoms with Crippen molar-refractivity contribution in [2.75, 3.05) is 32.3 Å². The van der Waals surface area contributed by atoms with Crippen LogP contribution >= 0.6 is 11.8 Å². The van der Waals surface area contributed by atoms with Gasteiger partial charge in [-0.2, -0.15) is 11.8 Å². The summed E-state index contributed by atoms with van der Waals surface area (Å²) in [6, 6.07) is -1.25. The van der Waals surface area contributed by atoms with Gasteiger partial charge in [-0.1, -0.05) is 0 Å². The molecule has 0 aliphatic carbocycles. The highest BCUT2D eigenvalue weighted by Gasteiger charge is 2.18. The molecule has 106 valence electrons. The number of carbonyl (C=O) groups excluding carboxylic acids is 1. The molecule has 0 spiro atoms. The minimum atomic E-state index is -1.00. The topological polar surface area (TPSA) is 87.7 Å². The number of carboxylic acids is 1. The number of carboxylic acid groups (broad SMARTS) is 1. The zero-order valence-corrected chi connectivity index (χ0v) is 11.7. The molecule has 0 aromatic heterocycles. The normalized spacial score (nSPS) is 11.9. The van der Waals surface area contributed by atoms with E-state index in [4.69, 9.17) is 9.84 Å². The lowest BCUT2D eigenvalue weighted by Gasteiger charge is -2.14. The third kappa shape index (κ3) is 9.12. The molecule has 0 rings (SSSR count). The number of amides is 2. The Kier molecular flexibility index (Phi) is 10.6. The monoisotopic (exact) mass is 278 g/mol. The SMILES string of the molecule is COCCCCNC(=O)N[C@H](CCSC)C(=O)O. The van der Waals surface area contributed by atoms with E-state index in [0.29, 0.717) is 25.3 Å². The summed E-state index contributed by atoms with van der Waals surface area (Å²) in [5.74, 6) is -0.302. The van der Waals surface area contributed by atoms with E-state index in [0.717, 1.165) is 12.8 Å². The van der Waals surface area contributed by atoms with Crippen molar-refractivity contribution in [3.8, 4) is 0 Å². The maximum absolute atomic E-state index is 11.4. The molecule has 0 saturated heterocycles. The molecule has 2 amide bonds. The fourth-order valence-corrected chi connectivity index (χ4v) is 1.75. The molecular weight excluding hydrogens is 256 g/mol. The average Bonchev–Trinajstić information content (AvgIpc) is 2.33. The first-order valence-corrected chi connectivity index (χ1v) is 7.26. The van der Waals surface area contributed by atoms with Gasteiger partial charge in [-0.3, -0.25) is 0 Å². The second-order valence-electron chi connectivity index (χ2n) is 3.77. The van der Waals surface area contributed by atoms with Crippen molar-refractivity contribution >= 4 is 23.8 Å². The number of methoxy groups -OCH3 is 1. The van der Waals surface area contributed by atoms with E-state index in [9.17, 15) is 9.59 Å². The Hall–Kier alpha value is -0.950. The summed E-state index contributed by atoms with van der Waals surface area (Å²) in [5, 5.41) is 14.0. The summed E-state index contributed by atoms with van der Waals surface area (Å²) in [7, 11) is 1.63. The van der Waals surface area contributed by atoms with E-state index in [-0.39, 0.29) is 0 Å². The molecule has 18 heavy (non-hydrogen) atoms.